The predicted octanol–water partition coefficient (Wildman–Crippen LogP) is 2.59. The van der Waals surface area contributed by atoms with E-state index < -0.39 is 17.0 Å². The highest BCUT2D eigenvalue weighted by Crippen LogP contribution is 2.24. The van der Waals surface area contributed by atoms with Gasteiger partial charge in [-0.05, 0) is 31.5 Å². The number of nitro groups is 1. The Balaban J connectivity index is 2.21. The van der Waals surface area contributed by atoms with E-state index in [0.29, 0.717) is 6.19 Å². The van der Waals surface area contributed by atoms with Crippen LogP contribution < -0.4 is 5.23 Å². The molecule has 0 aliphatic rings. The SMILES string of the molecule is Cc1ccc([C@H](OC(=O)c2ccc([N+](=O)[O-])cc2)[C@H](C)N[B]C=O)cc1. The lowest BCUT2D eigenvalue weighted by Crippen LogP contribution is -2.37. The minimum atomic E-state index is -0.644. The maximum Gasteiger partial charge on any atom is 0.338 e. The van der Waals surface area contributed by atoms with Crippen LogP contribution in [-0.2, 0) is 9.53 Å². The number of ether oxygens (including phenoxy) is 1. The van der Waals surface area contributed by atoms with E-state index in [1.54, 1.807) is 6.92 Å². The van der Waals surface area contributed by atoms with E-state index in [9.17, 15) is 19.7 Å². The fourth-order valence-corrected chi connectivity index (χ4v) is 2.40. The van der Waals surface area contributed by atoms with Crippen LogP contribution >= 0.6 is 0 Å². The first-order chi connectivity index (χ1) is 12.4. The number of esters is 1. The van der Waals surface area contributed by atoms with Crippen molar-refractivity contribution in [1.29, 1.82) is 0 Å². The number of hydrogen-bond acceptors (Lipinski definition) is 6. The zero-order chi connectivity index (χ0) is 19.1. The lowest BCUT2D eigenvalue weighted by atomic mass is 9.93. The Morgan fingerprint density at radius 1 is 1.19 bits per heavy atom. The van der Waals surface area contributed by atoms with Crippen LogP contribution in [0, 0.1) is 17.0 Å². The number of hydrogen-bond donors (Lipinski definition) is 1. The number of rotatable bonds is 8. The van der Waals surface area contributed by atoms with Crippen molar-refractivity contribution in [2.45, 2.75) is 26.0 Å². The van der Waals surface area contributed by atoms with Gasteiger partial charge in [-0.1, -0.05) is 29.8 Å². The van der Waals surface area contributed by atoms with Crippen LogP contribution in [0.25, 0.3) is 0 Å². The summed E-state index contributed by atoms with van der Waals surface area (Å²) in [5.41, 5.74) is 1.94. The summed E-state index contributed by atoms with van der Waals surface area (Å²) < 4.78 is 5.61. The minimum Gasteiger partial charge on any atom is -0.452 e. The fraction of sp³-hybridized carbons (Fsp3) is 0.222. The normalized spacial score (nSPS) is 12.7. The predicted molar refractivity (Wildman–Crippen MR) is 97.5 cm³/mol. The molecule has 7 nitrogen and oxygen atoms in total. The Kier molecular flexibility index (Phi) is 6.63. The fourth-order valence-electron chi connectivity index (χ4n) is 2.40. The summed E-state index contributed by atoms with van der Waals surface area (Å²) in [6.07, 6.45) is -0.0320. The van der Waals surface area contributed by atoms with Crippen LogP contribution in [0.3, 0.4) is 0 Å². The van der Waals surface area contributed by atoms with Gasteiger partial charge in [0.15, 0.2) is 0 Å². The average molecular weight is 353 g/mol. The third kappa shape index (κ3) is 5.00. The zero-order valence-electron chi connectivity index (χ0n) is 14.4. The summed E-state index contributed by atoms with van der Waals surface area (Å²) in [6.45, 7) is 3.73. The first-order valence-corrected chi connectivity index (χ1v) is 7.97. The van der Waals surface area contributed by atoms with E-state index in [4.69, 9.17) is 4.74 Å². The van der Waals surface area contributed by atoms with Crippen LogP contribution in [0.5, 0.6) is 0 Å². The summed E-state index contributed by atoms with van der Waals surface area (Å²) in [6, 6.07) is 12.3. The van der Waals surface area contributed by atoms with Gasteiger partial charge in [0, 0.05) is 18.2 Å². The molecule has 1 N–H and O–H groups in total. The van der Waals surface area contributed by atoms with Crippen molar-refractivity contribution < 1.29 is 19.2 Å². The third-order valence-electron chi connectivity index (χ3n) is 3.83. The molecule has 0 aromatic heterocycles. The van der Waals surface area contributed by atoms with E-state index in [1.165, 1.54) is 31.7 Å². The van der Waals surface area contributed by atoms with Gasteiger partial charge >= 0.3 is 5.97 Å². The van der Waals surface area contributed by atoms with Gasteiger partial charge in [0.1, 0.15) is 6.10 Å². The molecule has 133 valence electrons. The highest BCUT2D eigenvalue weighted by Gasteiger charge is 2.24. The molecule has 1 radical (unpaired) electrons. The average Bonchev–Trinajstić information content (AvgIpc) is 2.65. The Labute approximate surface area is 151 Å². The first-order valence-electron chi connectivity index (χ1n) is 7.97. The van der Waals surface area contributed by atoms with Gasteiger partial charge in [0.2, 0.25) is 0 Å². The van der Waals surface area contributed by atoms with Gasteiger partial charge in [-0.3, -0.25) is 10.1 Å². The molecular formula is C18H18BN2O5. The molecule has 0 aliphatic heterocycles. The van der Waals surface area contributed by atoms with Crippen LogP contribution in [0.1, 0.15) is 34.5 Å². The standard InChI is InChI=1S/C18H18BN2O5/c1-12-3-5-14(6-4-12)17(13(2)20-19-11-22)26-18(23)15-7-9-16(10-8-15)21(24)25/h3-11,13,17,20H,1-2H3/t13-,17+/m0/s1. The number of carbonyl (C=O) groups is 2. The zero-order valence-corrected chi connectivity index (χ0v) is 14.4. The Morgan fingerprint density at radius 2 is 1.81 bits per heavy atom. The van der Waals surface area contributed by atoms with Gasteiger partial charge in [0.05, 0.1) is 16.7 Å². The highest BCUT2D eigenvalue weighted by molar-refractivity contribution is 6.64. The van der Waals surface area contributed by atoms with E-state index in [2.05, 4.69) is 5.23 Å². The Morgan fingerprint density at radius 3 is 2.35 bits per heavy atom. The summed E-state index contributed by atoms with van der Waals surface area (Å²) in [5, 5.41) is 13.6. The monoisotopic (exact) mass is 353 g/mol. The van der Waals surface area contributed by atoms with Gasteiger partial charge in [-0.25, -0.2) is 4.79 Å². The molecule has 8 heteroatoms. The molecule has 0 amide bonds. The largest absolute Gasteiger partial charge is 0.452 e. The van der Waals surface area contributed by atoms with Gasteiger partial charge in [0.25, 0.3) is 13.1 Å². The second kappa shape index (κ2) is 8.91. The maximum atomic E-state index is 12.5. The number of nitro benzene ring substituents is 1. The second-order valence-corrected chi connectivity index (χ2v) is 5.80. The number of benzene rings is 2. The number of carbonyl (C=O) groups excluding carboxylic acids is 2. The summed E-state index contributed by atoms with van der Waals surface area (Å²) >= 11 is 0. The van der Waals surface area contributed by atoms with Gasteiger partial charge in [-0.15, -0.1) is 0 Å². The van der Waals surface area contributed by atoms with Crippen LogP contribution in [0.15, 0.2) is 48.5 Å². The highest BCUT2D eigenvalue weighted by atomic mass is 16.6. The number of nitrogens with zero attached hydrogens (tertiary/aromatic N) is 1. The molecular weight excluding hydrogens is 335 g/mol. The van der Waals surface area contributed by atoms with Crippen molar-refractivity contribution in [3.05, 3.63) is 75.3 Å². The molecule has 0 heterocycles. The van der Waals surface area contributed by atoms with Crippen molar-refractivity contribution in [3.63, 3.8) is 0 Å². The number of aryl methyl sites for hydroxylation is 1. The van der Waals surface area contributed by atoms with E-state index >= 15 is 0 Å². The Bertz CT molecular complexity index is 777. The van der Waals surface area contributed by atoms with Crippen LogP contribution in [0.4, 0.5) is 5.69 Å². The molecule has 0 bridgehead atoms. The van der Waals surface area contributed by atoms with Crippen molar-refractivity contribution in [2.75, 3.05) is 0 Å². The maximum absolute atomic E-state index is 12.5. The molecule has 0 spiro atoms. The summed E-state index contributed by atoms with van der Waals surface area (Å²) in [7, 11) is 1.24. The first kappa shape index (κ1) is 19.3. The summed E-state index contributed by atoms with van der Waals surface area (Å²) in [5.74, 6) is -0.606. The third-order valence-corrected chi connectivity index (χ3v) is 3.83. The molecule has 0 saturated carbocycles. The van der Waals surface area contributed by atoms with E-state index in [1.807, 2.05) is 31.2 Å². The smallest absolute Gasteiger partial charge is 0.338 e. The number of nitrogens with one attached hydrogen (secondary N) is 1. The molecule has 2 rings (SSSR count). The lowest BCUT2D eigenvalue weighted by molar-refractivity contribution is -0.384. The molecule has 2 aromatic rings. The van der Waals surface area contributed by atoms with Crippen molar-refractivity contribution in [3.8, 4) is 0 Å². The minimum absolute atomic E-state index is 0.104. The number of non-ortho nitro benzene ring substituents is 1. The van der Waals surface area contributed by atoms with E-state index in [-0.39, 0.29) is 17.3 Å². The van der Waals surface area contributed by atoms with Crippen molar-refractivity contribution in [2.24, 2.45) is 0 Å². The molecule has 0 aliphatic carbocycles. The van der Waals surface area contributed by atoms with Crippen LogP contribution in [-0.4, -0.2) is 30.5 Å². The topological polar surface area (TPSA) is 98.5 Å². The quantitative estimate of drug-likeness (QED) is 0.258. The lowest BCUT2D eigenvalue weighted by Gasteiger charge is -2.25. The van der Waals surface area contributed by atoms with E-state index in [0.717, 1.165) is 11.1 Å². The van der Waals surface area contributed by atoms with Crippen molar-refractivity contribution in [1.82, 2.24) is 5.23 Å². The van der Waals surface area contributed by atoms with Gasteiger partial charge in [-0.2, -0.15) is 0 Å². The molecule has 0 unspecified atom stereocenters. The van der Waals surface area contributed by atoms with Gasteiger partial charge < -0.3 is 14.8 Å². The second-order valence-electron chi connectivity index (χ2n) is 5.80. The molecule has 26 heavy (non-hydrogen) atoms. The van der Waals surface area contributed by atoms with Crippen LogP contribution in [0.2, 0.25) is 0 Å². The summed E-state index contributed by atoms with van der Waals surface area (Å²) in [4.78, 5) is 33.2. The molecule has 0 saturated heterocycles. The molecule has 2 aromatic carbocycles. The van der Waals surface area contributed by atoms with Crippen molar-refractivity contribution >= 4 is 25.3 Å². The molecule has 2 atom stereocenters. The molecule has 0 fully saturated rings. The Hall–Kier alpha value is -3.00.